The Morgan fingerprint density at radius 1 is 1.62 bits per heavy atom. The summed E-state index contributed by atoms with van der Waals surface area (Å²) in [6.45, 7) is 0.624. The van der Waals surface area contributed by atoms with Gasteiger partial charge in [0.05, 0.1) is 19.3 Å². The Balaban J connectivity index is 2.04. The van der Waals surface area contributed by atoms with E-state index in [1.54, 1.807) is 11.8 Å². The maximum absolute atomic E-state index is 5.64. The maximum Gasteiger partial charge on any atom is 0.197 e. The Morgan fingerprint density at radius 2 is 2.44 bits per heavy atom. The number of hydrogen-bond acceptors (Lipinski definition) is 6. The number of nitrogen functional groups attached to an aromatic ring is 1. The Bertz CT molecular complexity index is 478. The lowest BCUT2D eigenvalue weighted by atomic mass is 10.4. The van der Waals surface area contributed by atoms with Gasteiger partial charge in [-0.1, -0.05) is 0 Å². The number of hydrogen-bond donors (Lipinski definition) is 2. The third-order valence-corrected chi connectivity index (χ3v) is 2.88. The quantitative estimate of drug-likeness (QED) is 0.834. The van der Waals surface area contributed by atoms with Crippen LogP contribution in [0.3, 0.4) is 0 Å². The van der Waals surface area contributed by atoms with Crippen molar-refractivity contribution in [2.75, 3.05) is 18.2 Å². The van der Waals surface area contributed by atoms with Gasteiger partial charge in [0.25, 0.3) is 0 Å². The average Bonchev–Trinajstić information content (AvgIpc) is 2.82. The number of rotatable bonds is 4. The summed E-state index contributed by atoms with van der Waals surface area (Å²) in [6.07, 6.45) is 1.90. The molecule has 16 heavy (non-hydrogen) atoms. The van der Waals surface area contributed by atoms with Gasteiger partial charge in [-0.3, -0.25) is 4.68 Å². The number of nitrogens with two attached hydrogens (primary N) is 1. The largest absolute Gasteiger partial charge is 0.490 e. The molecule has 0 aliphatic rings. The molecule has 0 aliphatic carbocycles. The van der Waals surface area contributed by atoms with Crippen molar-refractivity contribution in [3.8, 4) is 5.75 Å². The first-order chi connectivity index (χ1) is 7.70. The lowest BCUT2D eigenvalue weighted by Gasteiger charge is -2.03. The number of aryl methyl sites for hydroxylation is 1. The molecule has 7 heteroatoms. The summed E-state index contributed by atoms with van der Waals surface area (Å²) < 4.78 is 10.9. The summed E-state index contributed by atoms with van der Waals surface area (Å²) in [5.74, 6) is 1.01. The normalized spacial score (nSPS) is 10.4. The molecule has 0 radical (unpaired) electrons. The Kier molecular flexibility index (Phi) is 2.95. The molecule has 0 fully saturated rings. The van der Waals surface area contributed by atoms with Gasteiger partial charge in [0.15, 0.2) is 16.6 Å². The van der Waals surface area contributed by atoms with E-state index in [-0.39, 0.29) is 0 Å². The molecule has 0 aromatic carbocycles. The van der Waals surface area contributed by atoms with Crippen LogP contribution in [0, 0.1) is 0 Å². The highest BCUT2D eigenvalue weighted by Gasteiger charge is 2.11. The predicted molar refractivity (Wildman–Crippen MR) is 63.6 cm³/mol. The minimum atomic E-state index is 0.413. The van der Waals surface area contributed by atoms with Crippen LogP contribution in [0.2, 0.25) is 0 Å². The fraction of sp³-hybridized carbons (Fsp3) is 0.333. The predicted octanol–water partition coefficient (Wildman–Crippen LogP) is 1.08. The Labute approximate surface area is 97.2 Å². The molecule has 0 atom stereocenters. The van der Waals surface area contributed by atoms with E-state index in [0.717, 1.165) is 10.7 Å². The zero-order chi connectivity index (χ0) is 11.5. The van der Waals surface area contributed by atoms with Gasteiger partial charge in [-0.15, -0.1) is 0 Å². The van der Waals surface area contributed by atoms with Crippen molar-refractivity contribution in [2.45, 2.75) is 6.54 Å². The number of methoxy groups -OCH3 is 1. The van der Waals surface area contributed by atoms with Crippen molar-refractivity contribution in [2.24, 2.45) is 7.05 Å². The molecule has 3 N–H and O–H groups in total. The van der Waals surface area contributed by atoms with Crippen molar-refractivity contribution in [3.05, 3.63) is 18.0 Å². The molecule has 0 bridgehead atoms. The number of nitrogens with zero attached hydrogens (tertiary/aromatic N) is 3. The summed E-state index contributed by atoms with van der Waals surface area (Å²) in [7, 11) is 3.46. The van der Waals surface area contributed by atoms with Crippen LogP contribution >= 0.6 is 11.5 Å². The third kappa shape index (κ3) is 2.08. The first-order valence-electron chi connectivity index (χ1n) is 4.72. The lowest BCUT2D eigenvalue weighted by molar-refractivity contribution is 0.419. The van der Waals surface area contributed by atoms with E-state index >= 15 is 0 Å². The van der Waals surface area contributed by atoms with Crippen LogP contribution in [-0.4, -0.2) is 21.3 Å². The van der Waals surface area contributed by atoms with Gasteiger partial charge in [0.1, 0.15) is 0 Å². The number of anilines is 2. The summed E-state index contributed by atoms with van der Waals surface area (Å²) in [6, 6.07) is 1.95. The molecule has 0 saturated heterocycles. The van der Waals surface area contributed by atoms with E-state index in [2.05, 4.69) is 14.8 Å². The van der Waals surface area contributed by atoms with Crippen molar-refractivity contribution >= 4 is 22.4 Å². The van der Waals surface area contributed by atoms with Crippen molar-refractivity contribution < 1.29 is 4.74 Å². The fourth-order valence-corrected chi connectivity index (χ4v) is 2.01. The molecule has 2 heterocycles. The topological polar surface area (TPSA) is 78.0 Å². The number of aromatic nitrogens is 3. The van der Waals surface area contributed by atoms with Gasteiger partial charge >= 0.3 is 0 Å². The number of ether oxygens (including phenoxy) is 1. The molecule has 2 aromatic rings. The molecule has 0 amide bonds. The first-order valence-corrected chi connectivity index (χ1v) is 5.49. The van der Waals surface area contributed by atoms with E-state index in [0.29, 0.717) is 18.1 Å². The van der Waals surface area contributed by atoms with Crippen molar-refractivity contribution in [1.82, 2.24) is 14.2 Å². The SMILES string of the molecule is COc1c(N)nsc1NCc1ccn(C)n1. The van der Waals surface area contributed by atoms with Crippen LogP contribution in [0.25, 0.3) is 0 Å². The Morgan fingerprint density at radius 3 is 3.06 bits per heavy atom. The summed E-state index contributed by atoms with van der Waals surface area (Å²) in [4.78, 5) is 0. The van der Waals surface area contributed by atoms with Gasteiger partial charge in [-0.25, -0.2) is 0 Å². The van der Waals surface area contributed by atoms with E-state index in [9.17, 15) is 0 Å². The summed E-state index contributed by atoms with van der Waals surface area (Å²) >= 11 is 1.28. The minimum Gasteiger partial charge on any atom is -0.490 e. The average molecular weight is 239 g/mol. The van der Waals surface area contributed by atoms with Crippen LogP contribution < -0.4 is 15.8 Å². The second-order valence-corrected chi connectivity index (χ2v) is 4.04. The monoisotopic (exact) mass is 239 g/mol. The van der Waals surface area contributed by atoms with Crippen molar-refractivity contribution in [1.29, 1.82) is 0 Å². The van der Waals surface area contributed by atoms with E-state index in [1.807, 2.05) is 19.3 Å². The first kappa shape index (κ1) is 10.7. The number of nitrogens with one attached hydrogen (secondary N) is 1. The van der Waals surface area contributed by atoms with Crippen LogP contribution in [0.5, 0.6) is 5.75 Å². The molecule has 0 aliphatic heterocycles. The van der Waals surface area contributed by atoms with Gasteiger partial charge < -0.3 is 15.8 Å². The second-order valence-electron chi connectivity index (χ2n) is 3.26. The zero-order valence-electron chi connectivity index (χ0n) is 9.10. The summed E-state index contributed by atoms with van der Waals surface area (Å²) in [5, 5.41) is 8.27. The molecule has 0 unspecified atom stereocenters. The molecule has 0 spiro atoms. The van der Waals surface area contributed by atoms with Crippen molar-refractivity contribution in [3.63, 3.8) is 0 Å². The molecule has 0 saturated carbocycles. The Hall–Kier alpha value is -1.76. The van der Waals surface area contributed by atoms with E-state index in [1.165, 1.54) is 11.5 Å². The highest BCUT2D eigenvalue weighted by Crippen LogP contribution is 2.34. The highest BCUT2D eigenvalue weighted by molar-refractivity contribution is 7.11. The molecular formula is C9H13N5OS. The molecule has 2 rings (SSSR count). The van der Waals surface area contributed by atoms with E-state index < -0.39 is 0 Å². The second kappa shape index (κ2) is 4.40. The zero-order valence-corrected chi connectivity index (χ0v) is 9.91. The standard InChI is InChI=1S/C9H13N5OS/c1-14-4-3-6(12-14)5-11-9-7(15-2)8(10)13-16-9/h3-4,11H,5H2,1-2H3,(H2,10,13). The maximum atomic E-state index is 5.64. The van der Waals surface area contributed by atoms with Gasteiger partial charge in [-0.2, -0.15) is 9.47 Å². The lowest BCUT2D eigenvalue weighted by Crippen LogP contribution is -2.01. The van der Waals surface area contributed by atoms with Crippen LogP contribution in [0.4, 0.5) is 10.8 Å². The molecular weight excluding hydrogens is 226 g/mol. The van der Waals surface area contributed by atoms with Crippen LogP contribution in [-0.2, 0) is 13.6 Å². The summed E-state index contributed by atoms with van der Waals surface area (Å²) in [5.41, 5.74) is 6.59. The molecule has 86 valence electrons. The minimum absolute atomic E-state index is 0.413. The third-order valence-electron chi connectivity index (χ3n) is 2.08. The molecule has 2 aromatic heterocycles. The van der Waals surface area contributed by atoms with E-state index in [4.69, 9.17) is 10.5 Å². The van der Waals surface area contributed by atoms with Gasteiger partial charge in [0, 0.05) is 13.2 Å². The highest BCUT2D eigenvalue weighted by atomic mass is 32.1. The van der Waals surface area contributed by atoms with Crippen LogP contribution in [0.1, 0.15) is 5.69 Å². The van der Waals surface area contributed by atoms with Gasteiger partial charge in [0.2, 0.25) is 0 Å². The smallest absolute Gasteiger partial charge is 0.197 e. The fourth-order valence-electron chi connectivity index (χ4n) is 1.33. The van der Waals surface area contributed by atoms with Crippen LogP contribution in [0.15, 0.2) is 12.3 Å². The molecule has 6 nitrogen and oxygen atoms in total. The van der Waals surface area contributed by atoms with Gasteiger partial charge in [-0.05, 0) is 17.6 Å².